The van der Waals surface area contributed by atoms with Crippen LogP contribution < -0.4 is 15.0 Å². The monoisotopic (exact) mass is 542 g/mol. The van der Waals surface area contributed by atoms with E-state index in [1.807, 2.05) is 13.8 Å². The zero-order chi connectivity index (χ0) is 27.9. The van der Waals surface area contributed by atoms with Gasteiger partial charge in [0.15, 0.2) is 0 Å². The summed E-state index contributed by atoms with van der Waals surface area (Å²) in [6.07, 6.45) is 7.00. The van der Waals surface area contributed by atoms with Gasteiger partial charge in [-0.3, -0.25) is 9.59 Å². The molecule has 10 nitrogen and oxygen atoms in total. The van der Waals surface area contributed by atoms with Gasteiger partial charge in [-0.25, -0.2) is 18.7 Å². The third kappa shape index (κ3) is 7.33. The Labute approximate surface area is 225 Å². The molecule has 1 amide bonds. The molecule has 0 atom stereocenters. The number of hydrogen-bond donors (Lipinski definition) is 1. The van der Waals surface area contributed by atoms with E-state index in [0.717, 1.165) is 50.9 Å². The van der Waals surface area contributed by atoms with Crippen LogP contribution in [0.1, 0.15) is 68.6 Å². The van der Waals surface area contributed by atoms with Crippen LogP contribution in [0.3, 0.4) is 0 Å². The third-order valence-corrected chi connectivity index (χ3v) is 6.50. The topological polar surface area (TPSA) is 123 Å². The quantitative estimate of drug-likeness (QED) is 0.353. The summed E-state index contributed by atoms with van der Waals surface area (Å²) >= 11 is 0. The van der Waals surface area contributed by atoms with E-state index in [0.29, 0.717) is 35.8 Å². The summed E-state index contributed by atoms with van der Waals surface area (Å²) in [7, 11) is 0. The Morgan fingerprint density at radius 1 is 1.15 bits per heavy atom. The lowest BCUT2D eigenvalue weighted by atomic mass is 9.92. The molecule has 39 heavy (non-hydrogen) atoms. The highest BCUT2D eigenvalue weighted by atomic mass is 19.1. The number of nitrogens with one attached hydrogen (secondary N) is 1. The minimum atomic E-state index is -1.04. The summed E-state index contributed by atoms with van der Waals surface area (Å²) in [6.45, 7) is 6.89. The Balaban J connectivity index is 1.20. The first-order valence-electron chi connectivity index (χ1n) is 13.0. The molecule has 0 radical (unpaired) electrons. The molecule has 208 valence electrons. The highest BCUT2D eigenvalue weighted by Crippen LogP contribution is 2.26. The molecule has 4 rings (SSSR count). The van der Waals surface area contributed by atoms with Crippen LogP contribution in [0.2, 0.25) is 0 Å². The molecular formula is C27H32F2N6O4. The first-order chi connectivity index (χ1) is 18.7. The average Bonchev–Trinajstić information content (AvgIpc) is 3.41. The molecule has 12 heteroatoms. The van der Waals surface area contributed by atoms with E-state index in [1.54, 1.807) is 12.4 Å². The Morgan fingerprint density at radius 3 is 2.41 bits per heavy atom. The Morgan fingerprint density at radius 2 is 1.82 bits per heavy atom. The predicted molar refractivity (Wildman–Crippen MR) is 138 cm³/mol. The maximum atomic E-state index is 14.3. The van der Waals surface area contributed by atoms with E-state index in [-0.39, 0.29) is 24.0 Å². The minimum absolute atomic E-state index is 0.0183. The van der Waals surface area contributed by atoms with Crippen molar-refractivity contribution in [2.75, 3.05) is 31.1 Å². The smallest absolute Gasteiger partial charge is 0.257 e. The summed E-state index contributed by atoms with van der Waals surface area (Å²) in [5, 5.41) is 6.18. The number of nitrogens with zero attached hydrogens (tertiary/aromatic N) is 5. The Hall–Kier alpha value is -3.96. The minimum Gasteiger partial charge on any atom is -0.493 e. The van der Waals surface area contributed by atoms with Gasteiger partial charge < -0.3 is 19.5 Å². The van der Waals surface area contributed by atoms with Gasteiger partial charge in [0.25, 0.3) is 5.91 Å². The predicted octanol–water partition coefficient (Wildman–Crippen LogP) is 4.32. The van der Waals surface area contributed by atoms with E-state index < -0.39 is 23.1 Å². The molecule has 2 aromatic heterocycles. The summed E-state index contributed by atoms with van der Waals surface area (Å²) < 4.78 is 39.4. The van der Waals surface area contributed by atoms with Crippen LogP contribution in [0, 0.1) is 17.6 Å². The zero-order valence-corrected chi connectivity index (χ0v) is 22.2. The number of ketones is 1. The average molecular weight is 543 g/mol. The first-order valence-corrected chi connectivity index (χ1v) is 13.0. The molecule has 1 aliphatic heterocycles. The number of amides is 1. The van der Waals surface area contributed by atoms with Crippen molar-refractivity contribution in [2.24, 2.45) is 5.92 Å². The SMILES string of the molecule is CC(=O)CNC(=O)c1c(F)cc(OCCCC2CCN(c3ncc(-c4noc(C(C)C)n4)cn3)CC2)cc1F. The molecule has 3 heterocycles. The van der Waals surface area contributed by atoms with Crippen LogP contribution in [0.15, 0.2) is 29.0 Å². The molecule has 3 aromatic rings. The summed E-state index contributed by atoms with van der Waals surface area (Å²) in [4.78, 5) is 38.4. The van der Waals surface area contributed by atoms with Crippen molar-refractivity contribution in [3.63, 3.8) is 0 Å². The van der Waals surface area contributed by atoms with Crippen LogP contribution in [0.4, 0.5) is 14.7 Å². The normalized spacial score (nSPS) is 14.1. The zero-order valence-electron chi connectivity index (χ0n) is 22.2. The van der Waals surface area contributed by atoms with Crippen LogP contribution in [0.5, 0.6) is 5.75 Å². The molecular weight excluding hydrogens is 510 g/mol. The maximum Gasteiger partial charge on any atom is 0.257 e. The van der Waals surface area contributed by atoms with Crippen molar-refractivity contribution < 1.29 is 27.6 Å². The van der Waals surface area contributed by atoms with E-state index in [1.165, 1.54) is 6.92 Å². The van der Waals surface area contributed by atoms with Gasteiger partial charge in [-0.2, -0.15) is 4.98 Å². The van der Waals surface area contributed by atoms with Crippen LogP contribution in [0.25, 0.3) is 11.4 Å². The second-order valence-electron chi connectivity index (χ2n) is 9.95. The van der Waals surface area contributed by atoms with Gasteiger partial charge in [0.1, 0.15) is 28.7 Å². The van der Waals surface area contributed by atoms with Gasteiger partial charge in [-0.15, -0.1) is 0 Å². The second kappa shape index (κ2) is 12.7. The number of aromatic nitrogens is 4. The molecule has 1 saturated heterocycles. The lowest BCUT2D eigenvalue weighted by molar-refractivity contribution is -0.116. The van der Waals surface area contributed by atoms with Crippen molar-refractivity contribution in [1.29, 1.82) is 0 Å². The number of Topliss-reactive ketones (excluding diaryl/α,β-unsaturated/α-hetero) is 1. The highest BCUT2D eigenvalue weighted by Gasteiger charge is 2.22. The number of piperidine rings is 1. The van der Waals surface area contributed by atoms with Crippen molar-refractivity contribution in [1.82, 2.24) is 25.4 Å². The number of hydrogen-bond acceptors (Lipinski definition) is 9. The highest BCUT2D eigenvalue weighted by molar-refractivity contribution is 5.97. The summed E-state index contributed by atoms with van der Waals surface area (Å²) in [5.74, 6) is -0.994. The van der Waals surface area contributed by atoms with Crippen LogP contribution in [-0.4, -0.2) is 58.0 Å². The van der Waals surface area contributed by atoms with Gasteiger partial charge in [-0.1, -0.05) is 19.0 Å². The number of benzene rings is 1. The number of ether oxygens (including phenoxy) is 1. The Kier molecular flexibility index (Phi) is 9.15. The first kappa shape index (κ1) is 28.1. The number of halogens is 2. The second-order valence-corrected chi connectivity index (χ2v) is 9.95. The van der Waals surface area contributed by atoms with Gasteiger partial charge in [0.05, 0.1) is 18.7 Å². The fraction of sp³-hybridized carbons (Fsp3) is 0.481. The molecule has 0 bridgehead atoms. The Bertz CT molecular complexity index is 1270. The van der Waals surface area contributed by atoms with Crippen LogP contribution >= 0.6 is 0 Å². The van der Waals surface area contributed by atoms with E-state index in [4.69, 9.17) is 9.26 Å². The lowest BCUT2D eigenvalue weighted by Gasteiger charge is -2.32. The molecule has 1 fully saturated rings. The van der Waals surface area contributed by atoms with Gasteiger partial charge in [0.2, 0.25) is 17.7 Å². The molecule has 0 spiro atoms. The van der Waals surface area contributed by atoms with Crippen molar-refractivity contribution in [3.05, 3.63) is 47.6 Å². The standard InChI is InChI=1S/C27H32F2N6O4/c1-16(2)26-33-24(34-39-26)19-14-31-27(32-15-19)35-8-6-18(7-9-35)5-4-10-38-20-11-21(28)23(22(29)12-20)25(37)30-13-17(3)36/h11-12,14-16,18H,4-10,13H2,1-3H3,(H,30,37). The molecule has 0 aliphatic carbocycles. The molecule has 1 N–H and O–H groups in total. The number of carbonyl (C=O) groups is 2. The van der Waals surface area contributed by atoms with Crippen molar-refractivity contribution in [2.45, 2.75) is 52.4 Å². The number of carbonyl (C=O) groups excluding carboxylic acids is 2. The summed E-state index contributed by atoms with van der Waals surface area (Å²) in [5.41, 5.74) is -0.0287. The molecule has 0 unspecified atom stereocenters. The van der Waals surface area contributed by atoms with Gasteiger partial charge in [0, 0.05) is 43.5 Å². The van der Waals surface area contributed by atoms with Gasteiger partial charge in [-0.05, 0) is 38.5 Å². The van der Waals surface area contributed by atoms with E-state index in [2.05, 4.69) is 30.3 Å². The number of anilines is 1. The van der Waals surface area contributed by atoms with E-state index >= 15 is 0 Å². The number of rotatable bonds is 11. The van der Waals surface area contributed by atoms with Crippen molar-refractivity contribution in [3.8, 4) is 17.1 Å². The largest absolute Gasteiger partial charge is 0.493 e. The van der Waals surface area contributed by atoms with Gasteiger partial charge >= 0.3 is 0 Å². The van der Waals surface area contributed by atoms with Crippen LogP contribution in [-0.2, 0) is 4.79 Å². The summed E-state index contributed by atoms with van der Waals surface area (Å²) in [6, 6.07) is 1.97. The maximum absolute atomic E-state index is 14.3. The molecule has 1 aromatic carbocycles. The third-order valence-electron chi connectivity index (χ3n) is 6.50. The molecule has 1 aliphatic rings. The fourth-order valence-electron chi connectivity index (χ4n) is 4.31. The van der Waals surface area contributed by atoms with Crippen molar-refractivity contribution >= 4 is 17.6 Å². The molecule has 0 saturated carbocycles. The van der Waals surface area contributed by atoms with E-state index in [9.17, 15) is 18.4 Å². The lowest BCUT2D eigenvalue weighted by Crippen LogP contribution is -2.34. The fourth-order valence-corrected chi connectivity index (χ4v) is 4.31.